The Balaban J connectivity index is 3.46. The molecule has 0 aliphatic carbocycles. The Morgan fingerprint density at radius 3 is 1.17 bits per heavy atom. The van der Waals surface area contributed by atoms with Gasteiger partial charge < -0.3 is 20.3 Å². The van der Waals surface area contributed by atoms with Crippen LogP contribution in [0.25, 0.3) is 0 Å². The van der Waals surface area contributed by atoms with Gasteiger partial charge in [0.05, 0.1) is 25.4 Å². The summed E-state index contributed by atoms with van der Waals surface area (Å²) in [5.41, 5.74) is 0. The number of hydrogen-bond acceptors (Lipinski definition) is 5. The minimum Gasteiger partial charge on any atom is -0.466 e. The molecule has 0 aromatic rings. The Bertz CT molecular complexity index is 1020. The van der Waals surface area contributed by atoms with Crippen molar-refractivity contribution in [3.05, 3.63) is 36.5 Å². The molecule has 2 unspecified atom stereocenters. The summed E-state index contributed by atoms with van der Waals surface area (Å²) in [4.78, 5) is 24.4. The summed E-state index contributed by atoms with van der Waals surface area (Å²) in [6, 6.07) is -0.633. The van der Waals surface area contributed by atoms with Gasteiger partial charge in [-0.1, -0.05) is 237 Å². The third kappa shape index (κ3) is 49.4. The van der Waals surface area contributed by atoms with Gasteiger partial charge in [0, 0.05) is 12.8 Å². The highest BCUT2D eigenvalue weighted by Crippen LogP contribution is 2.16. The maximum absolute atomic E-state index is 12.4. The predicted octanol–water partition coefficient (Wildman–Crippen LogP) is 16.9. The molecule has 0 aliphatic heterocycles. The van der Waals surface area contributed by atoms with Crippen LogP contribution in [0, 0.1) is 0 Å². The lowest BCUT2D eigenvalue weighted by Gasteiger charge is -2.20. The summed E-state index contributed by atoms with van der Waals surface area (Å²) in [5.74, 6) is -0.0800. The number of allylic oxidation sites excluding steroid dienone is 5. The highest BCUT2D eigenvalue weighted by atomic mass is 16.5. The van der Waals surface area contributed by atoms with Gasteiger partial charge in [-0.05, 0) is 77.0 Å². The fourth-order valence-corrected chi connectivity index (χ4v) is 8.31. The monoisotopic (exact) mass is 886 g/mol. The Morgan fingerprint density at radius 2 is 0.762 bits per heavy atom. The van der Waals surface area contributed by atoms with Crippen molar-refractivity contribution in [3.63, 3.8) is 0 Å². The SMILES string of the molecule is CCCC/C=C\CCCCCCCC(=O)OCCCCCCCCCCCC/C=C\CCCCCCCCCC(=O)NC(CO)C(O)/C=C/CCCCCCCCCCCCCC. The lowest BCUT2D eigenvalue weighted by Crippen LogP contribution is -2.45. The molecule has 0 bridgehead atoms. The topological polar surface area (TPSA) is 95.9 Å². The summed E-state index contributed by atoms with van der Waals surface area (Å²) >= 11 is 0. The van der Waals surface area contributed by atoms with Gasteiger partial charge in [-0.3, -0.25) is 9.59 Å². The maximum atomic E-state index is 12.4. The normalized spacial score (nSPS) is 12.9. The number of hydrogen-bond donors (Lipinski definition) is 3. The minimum atomic E-state index is -0.849. The predicted molar refractivity (Wildman–Crippen MR) is 273 cm³/mol. The molecule has 370 valence electrons. The molecule has 0 fully saturated rings. The van der Waals surface area contributed by atoms with Gasteiger partial charge in [-0.25, -0.2) is 0 Å². The number of aliphatic hydroxyl groups excluding tert-OH is 2. The molecule has 6 nitrogen and oxygen atoms in total. The lowest BCUT2D eigenvalue weighted by molar-refractivity contribution is -0.143. The van der Waals surface area contributed by atoms with Gasteiger partial charge in [-0.2, -0.15) is 0 Å². The molecule has 0 saturated carbocycles. The summed E-state index contributed by atoms with van der Waals surface area (Å²) in [7, 11) is 0. The van der Waals surface area contributed by atoms with Gasteiger partial charge in [0.15, 0.2) is 0 Å². The number of unbranched alkanes of at least 4 members (excludes halogenated alkanes) is 36. The fraction of sp³-hybridized carbons (Fsp3) is 0.860. The van der Waals surface area contributed by atoms with Crippen LogP contribution in [0.15, 0.2) is 36.5 Å². The smallest absolute Gasteiger partial charge is 0.305 e. The molecule has 0 heterocycles. The Kier molecular flexibility index (Phi) is 51.1. The van der Waals surface area contributed by atoms with E-state index in [2.05, 4.69) is 43.5 Å². The van der Waals surface area contributed by atoms with E-state index < -0.39 is 12.1 Å². The van der Waals surface area contributed by atoms with E-state index in [0.29, 0.717) is 19.4 Å². The van der Waals surface area contributed by atoms with Crippen molar-refractivity contribution in [2.75, 3.05) is 13.2 Å². The van der Waals surface area contributed by atoms with E-state index in [0.717, 1.165) is 51.4 Å². The second-order valence-electron chi connectivity index (χ2n) is 18.9. The van der Waals surface area contributed by atoms with E-state index in [1.54, 1.807) is 6.08 Å². The lowest BCUT2D eigenvalue weighted by atomic mass is 10.0. The molecule has 0 aromatic heterocycles. The number of carbonyl (C=O) groups is 2. The van der Waals surface area contributed by atoms with Crippen LogP contribution in [0.3, 0.4) is 0 Å². The number of aliphatic hydroxyl groups is 2. The zero-order valence-electron chi connectivity index (χ0n) is 42.1. The summed E-state index contributed by atoms with van der Waals surface area (Å²) < 4.78 is 5.45. The summed E-state index contributed by atoms with van der Waals surface area (Å²) in [6.07, 6.45) is 64.4. The number of nitrogens with one attached hydrogen (secondary N) is 1. The molecule has 1 amide bonds. The molecule has 0 saturated heterocycles. The Hall–Kier alpha value is -1.92. The van der Waals surface area contributed by atoms with Crippen LogP contribution in [0.5, 0.6) is 0 Å². The van der Waals surface area contributed by atoms with Gasteiger partial charge in [0.2, 0.25) is 5.91 Å². The van der Waals surface area contributed by atoms with Crippen LogP contribution in [-0.4, -0.2) is 47.4 Å². The standard InChI is InChI=1S/C57H107NO5/c1-3-5-7-9-11-13-15-16-26-30-33-37-41-45-49-55(60)54(53-59)58-56(61)50-46-42-38-34-31-27-24-22-20-18-17-19-21-23-25-28-32-36-40-44-48-52-63-57(62)51-47-43-39-35-29-14-12-10-8-6-4-2/h10,12,18,20,45,49,54-55,59-60H,3-9,11,13-17,19,21-44,46-48,50-53H2,1-2H3,(H,58,61)/b12-10-,20-18-,49-45+. The second kappa shape index (κ2) is 52.7. The number of esters is 1. The van der Waals surface area contributed by atoms with Crippen molar-refractivity contribution in [3.8, 4) is 0 Å². The summed E-state index contributed by atoms with van der Waals surface area (Å²) in [5, 5.41) is 23.1. The molecule has 2 atom stereocenters. The van der Waals surface area contributed by atoms with Crippen LogP contribution in [-0.2, 0) is 14.3 Å². The average Bonchev–Trinajstić information content (AvgIpc) is 3.28. The van der Waals surface area contributed by atoms with Gasteiger partial charge in [0.1, 0.15) is 0 Å². The third-order valence-electron chi connectivity index (χ3n) is 12.6. The number of carbonyl (C=O) groups excluding carboxylic acids is 2. The van der Waals surface area contributed by atoms with E-state index >= 15 is 0 Å². The fourth-order valence-electron chi connectivity index (χ4n) is 8.31. The van der Waals surface area contributed by atoms with E-state index in [1.165, 1.54) is 212 Å². The van der Waals surface area contributed by atoms with Gasteiger partial charge >= 0.3 is 5.97 Å². The second-order valence-corrected chi connectivity index (χ2v) is 18.9. The number of amides is 1. The first-order chi connectivity index (χ1) is 31.0. The van der Waals surface area contributed by atoms with E-state index in [9.17, 15) is 19.8 Å². The largest absolute Gasteiger partial charge is 0.466 e. The zero-order chi connectivity index (χ0) is 45.8. The molecule has 0 rings (SSSR count). The Morgan fingerprint density at radius 1 is 0.429 bits per heavy atom. The first-order valence-corrected chi connectivity index (χ1v) is 27.8. The quantitative estimate of drug-likeness (QED) is 0.0321. The highest BCUT2D eigenvalue weighted by Gasteiger charge is 2.18. The Labute approximate surface area is 392 Å². The van der Waals surface area contributed by atoms with Crippen molar-refractivity contribution < 1.29 is 24.5 Å². The van der Waals surface area contributed by atoms with Crippen molar-refractivity contribution in [1.82, 2.24) is 5.32 Å². The first-order valence-electron chi connectivity index (χ1n) is 27.8. The van der Waals surface area contributed by atoms with Crippen LogP contribution < -0.4 is 5.32 Å². The molecule has 0 spiro atoms. The van der Waals surface area contributed by atoms with Gasteiger partial charge in [-0.15, -0.1) is 0 Å². The van der Waals surface area contributed by atoms with Gasteiger partial charge in [0.25, 0.3) is 0 Å². The van der Waals surface area contributed by atoms with E-state index in [1.807, 2.05) is 6.08 Å². The van der Waals surface area contributed by atoms with E-state index in [4.69, 9.17) is 4.74 Å². The molecular weight excluding hydrogens is 779 g/mol. The van der Waals surface area contributed by atoms with Crippen molar-refractivity contribution in [1.29, 1.82) is 0 Å². The molecule has 0 aromatic carbocycles. The van der Waals surface area contributed by atoms with Crippen molar-refractivity contribution in [2.45, 2.75) is 302 Å². The zero-order valence-corrected chi connectivity index (χ0v) is 42.1. The third-order valence-corrected chi connectivity index (χ3v) is 12.6. The molecule has 3 N–H and O–H groups in total. The molecule has 0 aliphatic rings. The molecule has 0 radical (unpaired) electrons. The first kappa shape index (κ1) is 61.1. The van der Waals surface area contributed by atoms with Crippen LogP contribution >= 0.6 is 0 Å². The molecular formula is C57H107NO5. The van der Waals surface area contributed by atoms with Crippen LogP contribution in [0.4, 0.5) is 0 Å². The van der Waals surface area contributed by atoms with E-state index in [-0.39, 0.29) is 18.5 Å². The maximum Gasteiger partial charge on any atom is 0.305 e. The minimum absolute atomic E-state index is 0.00402. The van der Waals surface area contributed by atoms with Crippen molar-refractivity contribution >= 4 is 11.9 Å². The van der Waals surface area contributed by atoms with Crippen LogP contribution in [0.2, 0.25) is 0 Å². The van der Waals surface area contributed by atoms with Crippen LogP contribution in [0.1, 0.15) is 290 Å². The molecule has 6 heteroatoms. The van der Waals surface area contributed by atoms with Crippen molar-refractivity contribution in [2.24, 2.45) is 0 Å². The number of rotatable bonds is 51. The average molecular weight is 886 g/mol. The molecule has 63 heavy (non-hydrogen) atoms. The highest BCUT2D eigenvalue weighted by molar-refractivity contribution is 5.76. The number of ether oxygens (including phenoxy) is 1. The summed E-state index contributed by atoms with van der Waals surface area (Å²) in [6.45, 7) is 4.85.